The molecule has 3 nitrogen and oxygen atoms in total. The average molecular weight is 211 g/mol. The van der Waals surface area contributed by atoms with Gasteiger partial charge in [0, 0.05) is 18.8 Å². The van der Waals surface area contributed by atoms with Crippen LogP contribution in [0.4, 0.5) is 5.69 Å². The standard InChI is InChI=1S/C10H11ClN2O/c1-7(2)10(14)13(3)8-5-4-6-12-9(8)11/h4-6H,1H2,2-3H3. The highest BCUT2D eigenvalue weighted by Crippen LogP contribution is 2.22. The molecule has 1 rings (SSSR count). The van der Waals surface area contributed by atoms with E-state index in [-0.39, 0.29) is 5.91 Å². The smallest absolute Gasteiger partial charge is 0.253 e. The first-order valence-electron chi connectivity index (χ1n) is 4.08. The molecule has 0 fully saturated rings. The molecule has 1 aromatic rings. The van der Waals surface area contributed by atoms with Crippen LogP contribution in [0.25, 0.3) is 0 Å². The van der Waals surface area contributed by atoms with Gasteiger partial charge in [0.1, 0.15) is 0 Å². The van der Waals surface area contributed by atoms with Crippen LogP contribution >= 0.6 is 11.6 Å². The van der Waals surface area contributed by atoms with Gasteiger partial charge in [-0.3, -0.25) is 4.79 Å². The van der Waals surface area contributed by atoms with Crippen LogP contribution in [0.2, 0.25) is 5.15 Å². The summed E-state index contributed by atoms with van der Waals surface area (Å²) in [6.45, 7) is 5.23. The molecule has 1 amide bonds. The number of carbonyl (C=O) groups excluding carboxylic acids is 1. The Balaban J connectivity index is 3.01. The zero-order valence-electron chi connectivity index (χ0n) is 8.12. The van der Waals surface area contributed by atoms with Crippen molar-refractivity contribution in [2.24, 2.45) is 0 Å². The molecule has 0 atom stereocenters. The Hall–Kier alpha value is -1.35. The third kappa shape index (κ3) is 2.12. The molecule has 0 aliphatic heterocycles. The van der Waals surface area contributed by atoms with Crippen LogP contribution in [-0.4, -0.2) is 17.9 Å². The van der Waals surface area contributed by atoms with Gasteiger partial charge in [0.25, 0.3) is 5.91 Å². The lowest BCUT2D eigenvalue weighted by molar-refractivity contribution is -0.114. The Morgan fingerprint density at radius 3 is 2.79 bits per heavy atom. The molecule has 1 heterocycles. The van der Waals surface area contributed by atoms with E-state index in [1.165, 1.54) is 4.90 Å². The highest BCUT2D eigenvalue weighted by molar-refractivity contribution is 6.32. The first kappa shape index (κ1) is 10.7. The van der Waals surface area contributed by atoms with Crippen molar-refractivity contribution < 1.29 is 4.79 Å². The van der Waals surface area contributed by atoms with Crippen molar-refractivity contribution >= 4 is 23.2 Å². The van der Waals surface area contributed by atoms with Gasteiger partial charge in [-0.15, -0.1) is 0 Å². The van der Waals surface area contributed by atoms with Crippen molar-refractivity contribution in [3.63, 3.8) is 0 Å². The maximum atomic E-state index is 11.5. The van der Waals surface area contributed by atoms with Gasteiger partial charge < -0.3 is 4.90 Å². The van der Waals surface area contributed by atoms with Crippen molar-refractivity contribution in [1.82, 2.24) is 4.98 Å². The van der Waals surface area contributed by atoms with Crippen molar-refractivity contribution in [2.45, 2.75) is 6.92 Å². The minimum absolute atomic E-state index is 0.167. The number of amides is 1. The number of hydrogen-bond donors (Lipinski definition) is 0. The summed E-state index contributed by atoms with van der Waals surface area (Å²) >= 11 is 5.83. The van der Waals surface area contributed by atoms with Crippen LogP contribution in [0.5, 0.6) is 0 Å². The number of pyridine rings is 1. The molecule has 0 spiro atoms. The number of carbonyl (C=O) groups is 1. The molecule has 0 saturated heterocycles. The highest BCUT2D eigenvalue weighted by atomic mass is 35.5. The molecule has 0 aromatic carbocycles. The lowest BCUT2D eigenvalue weighted by Crippen LogP contribution is -2.26. The number of likely N-dealkylation sites (N-methyl/N-ethyl adjacent to an activating group) is 1. The van der Waals surface area contributed by atoms with E-state index in [4.69, 9.17) is 11.6 Å². The second kappa shape index (κ2) is 4.24. The van der Waals surface area contributed by atoms with E-state index < -0.39 is 0 Å². The van der Waals surface area contributed by atoms with Crippen LogP contribution in [0.3, 0.4) is 0 Å². The van der Waals surface area contributed by atoms with E-state index in [1.54, 1.807) is 32.3 Å². The van der Waals surface area contributed by atoms with Crippen LogP contribution in [0.1, 0.15) is 6.92 Å². The highest BCUT2D eigenvalue weighted by Gasteiger charge is 2.14. The van der Waals surface area contributed by atoms with Crippen LogP contribution in [0, 0.1) is 0 Å². The first-order valence-corrected chi connectivity index (χ1v) is 4.46. The van der Waals surface area contributed by atoms with E-state index in [0.717, 1.165) is 0 Å². The maximum absolute atomic E-state index is 11.5. The number of anilines is 1. The fraction of sp³-hybridized carbons (Fsp3) is 0.200. The van der Waals surface area contributed by atoms with Gasteiger partial charge in [-0.1, -0.05) is 18.2 Å². The van der Waals surface area contributed by atoms with Crippen molar-refractivity contribution in [3.05, 3.63) is 35.6 Å². The second-order valence-corrected chi connectivity index (χ2v) is 3.32. The predicted molar refractivity (Wildman–Crippen MR) is 57.5 cm³/mol. The van der Waals surface area contributed by atoms with E-state index in [2.05, 4.69) is 11.6 Å². The minimum atomic E-state index is -0.167. The Bertz CT molecular complexity index is 376. The molecule has 0 aliphatic rings. The minimum Gasteiger partial charge on any atom is -0.309 e. The molecule has 14 heavy (non-hydrogen) atoms. The molecule has 0 bridgehead atoms. The first-order chi connectivity index (χ1) is 6.54. The molecule has 0 radical (unpaired) electrons. The molecule has 0 N–H and O–H groups in total. The number of hydrogen-bond acceptors (Lipinski definition) is 2. The Morgan fingerprint density at radius 2 is 2.29 bits per heavy atom. The summed E-state index contributed by atoms with van der Waals surface area (Å²) in [6.07, 6.45) is 1.57. The molecule has 4 heteroatoms. The predicted octanol–water partition coefficient (Wildman–Crippen LogP) is 2.27. The fourth-order valence-corrected chi connectivity index (χ4v) is 1.27. The number of aromatic nitrogens is 1. The zero-order chi connectivity index (χ0) is 10.7. The SMILES string of the molecule is C=C(C)C(=O)N(C)c1cccnc1Cl. The van der Waals surface area contributed by atoms with Gasteiger partial charge in [-0.05, 0) is 19.1 Å². The zero-order valence-corrected chi connectivity index (χ0v) is 8.88. The topological polar surface area (TPSA) is 33.2 Å². The molecule has 1 aromatic heterocycles. The molecular formula is C10H11ClN2O. The summed E-state index contributed by atoms with van der Waals surface area (Å²) in [5, 5.41) is 0.310. The molecule has 0 unspecified atom stereocenters. The summed E-state index contributed by atoms with van der Waals surface area (Å²) in [5.74, 6) is -0.167. The van der Waals surface area contributed by atoms with Crippen molar-refractivity contribution in [1.29, 1.82) is 0 Å². The van der Waals surface area contributed by atoms with E-state index >= 15 is 0 Å². The number of rotatable bonds is 2. The van der Waals surface area contributed by atoms with E-state index in [1.807, 2.05) is 0 Å². The van der Waals surface area contributed by atoms with Gasteiger partial charge in [0.05, 0.1) is 5.69 Å². The fourth-order valence-electron chi connectivity index (χ4n) is 1.02. The number of halogens is 1. The molecular weight excluding hydrogens is 200 g/mol. The summed E-state index contributed by atoms with van der Waals surface area (Å²) in [7, 11) is 1.64. The third-order valence-corrected chi connectivity index (χ3v) is 2.06. The van der Waals surface area contributed by atoms with Crippen LogP contribution in [0.15, 0.2) is 30.5 Å². The van der Waals surface area contributed by atoms with Gasteiger partial charge in [0.15, 0.2) is 5.15 Å². The Morgan fingerprint density at radius 1 is 1.64 bits per heavy atom. The van der Waals surface area contributed by atoms with E-state index in [0.29, 0.717) is 16.4 Å². The van der Waals surface area contributed by atoms with Crippen molar-refractivity contribution in [2.75, 3.05) is 11.9 Å². The van der Waals surface area contributed by atoms with Crippen LogP contribution < -0.4 is 4.90 Å². The molecule has 0 aliphatic carbocycles. The maximum Gasteiger partial charge on any atom is 0.253 e. The van der Waals surface area contributed by atoms with E-state index in [9.17, 15) is 4.79 Å². The second-order valence-electron chi connectivity index (χ2n) is 2.96. The van der Waals surface area contributed by atoms with Gasteiger partial charge >= 0.3 is 0 Å². The molecule has 0 saturated carbocycles. The van der Waals surface area contributed by atoms with Gasteiger partial charge in [-0.25, -0.2) is 4.98 Å². The lowest BCUT2D eigenvalue weighted by atomic mass is 10.3. The monoisotopic (exact) mass is 210 g/mol. The summed E-state index contributed by atoms with van der Waals surface area (Å²) in [5.41, 5.74) is 1.05. The third-order valence-electron chi connectivity index (χ3n) is 1.77. The average Bonchev–Trinajstić information content (AvgIpc) is 2.16. The van der Waals surface area contributed by atoms with Gasteiger partial charge in [0.2, 0.25) is 0 Å². The summed E-state index contributed by atoms with van der Waals surface area (Å²) < 4.78 is 0. The Labute approximate surface area is 88.0 Å². The normalized spacial score (nSPS) is 9.64. The van der Waals surface area contributed by atoms with Crippen LogP contribution in [-0.2, 0) is 4.79 Å². The quantitative estimate of drug-likeness (QED) is 0.554. The van der Waals surface area contributed by atoms with Crippen molar-refractivity contribution in [3.8, 4) is 0 Å². The summed E-state index contributed by atoms with van der Waals surface area (Å²) in [6, 6.07) is 3.46. The largest absolute Gasteiger partial charge is 0.309 e. The Kier molecular flexibility index (Phi) is 3.25. The lowest BCUT2D eigenvalue weighted by Gasteiger charge is -2.17. The summed E-state index contributed by atoms with van der Waals surface area (Å²) in [4.78, 5) is 16.8. The molecule has 74 valence electrons. The number of nitrogens with zero attached hydrogens (tertiary/aromatic N) is 2. The van der Waals surface area contributed by atoms with Gasteiger partial charge in [-0.2, -0.15) is 0 Å².